The van der Waals surface area contributed by atoms with E-state index in [2.05, 4.69) is 25.8 Å². The van der Waals surface area contributed by atoms with Crippen molar-refractivity contribution in [3.05, 3.63) is 0 Å². The first-order valence-electron chi connectivity index (χ1n) is 23.5. The molecule has 1 fully saturated rings. The van der Waals surface area contributed by atoms with Gasteiger partial charge in [0.1, 0.15) is 0 Å². The van der Waals surface area contributed by atoms with Gasteiger partial charge in [0.15, 0.2) is 0 Å². The van der Waals surface area contributed by atoms with Crippen molar-refractivity contribution < 1.29 is 19.1 Å². The van der Waals surface area contributed by atoms with E-state index in [9.17, 15) is 9.59 Å². The maximum Gasteiger partial charge on any atom is 0.305 e. The van der Waals surface area contributed by atoms with E-state index >= 15 is 0 Å². The monoisotopic (exact) mass is 734 g/mol. The SMILES string of the molecule is CCCCCCCCCOC(=O)CCCCCCCCCCCC1(CCCCCCCCCCCC(=O)OCCCCCCCCC)CCN(C)C1. The Kier molecular flexibility index (Phi) is 34.7. The van der Waals surface area contributed by atoms with Crippen molar-refractivity contribution in [1.29, 1.82) is 0 Å². The van der Waals surface area contributed by atoms with Crippen molar-refractivity contribution in [3.8, 4) is 0 Å². The van der Waals surface area contributed by atoms with Gasteiger partial charge in [-0.05, 0) is 64.0 Å². The minimum Gasteiger partial charge on any atom is -0.466 e. The Labute approximate surface area is 325 Å². The van der Waals surface area contributed by atoms with Crippen LogP contribution in [0.1, 0.15) is 251 Å². The summed E-state index contributed by atoms with van der Waals surface area (Å²) in [7, 11) is 2.32. The molecule has 0 saturated carbocycles. The zero-order valence-corrected chi connectivity index (χ0v) is 35.6. The van der Waals surface area contributed by atoms with Gasteiger partial charge in [-0.15, -0.1) is 0 Å². The van der Waals surface area contributed by atoms with Crippen LogP contribution in [0.5, 0.6) is 0 Å². The van der Waals surface area contributed by atoms with Crippen molar-refractivity contribution in [3.63, 3.8) is 0 Å². The van der Waals surface area contributed by atoms with Gasteiger partial charge < -0.3 is 14.4 Å². The van der Waals surface area contributed by atoms with Crippen molar-refractivity contribution in [2.24, 2.45) is 5.41 Å². The number of nitrogens with zero attached hydrogens (tertiary/aromatic N) is 1. The van der Waals surface area contributed by atoms with Gasteiger partial charge in [0.05, 0.1) is 13.2 Å². The summed E-state index contributed by atoms with van der Waals surface area (Å²) in [6, 6.07) is 0. The minimum absolute atomic E-state index is 0.0146. The Balaban J connectivity index is 1.91. The van der Waals surface area contributed by atoms with Gasteiger partial charge in [-0.2, -0.15) is 0 Å². The van der Waals surface area contributed by atoms with Crippen LogP contribution in [0, 0.1) is 5.41 Å². The van der Waals surface area contributed by atoms with Crippen LogP contribution in [-0.2, 0) is 19.1 Å². The molecule has 0 aromatic carbocycles. The predicted octanol–water partition coefficient (Wildman–Crippen LogP) is 14.5. The molecule has 0 aliphatic carbocycles. The summed E-state index contributed by atoms with van der Waals surface area (Å²) < 4.78 is 10.9. The van der Waals surface area contributed by atoms with E-state index < -0.39 is 0 Å². The zero-order chi connectivity index (χ0) is 37.6. The van der Waals surface area contributed by atoms with Crippen LogP contribution in [0.15, 0.2) is 0 Å². The van der Waals surface area contributed by atoms with E-state index in [0.717, 1.165) is 25.7 Å². The average Bonchev–Trinajstić information content (AvgIpc) is 3.51. The number of carbonyl (C=O) groups excluding carboxylic acids is 2. The first kappa shape index (κ1) is 48.9. The second-order valence-electron chi connectivity index (χ2n) is 17.0. The number of carbonyl (C=O) groups is 2. The van der Waals surface area contributed by atoms with E-state index in [1.807, 2.05) is 0 Å². The number of hydrogen-bond donors (Lipinski definition) is 0. The van der Waals surface area contributed by atoms with Gasteiger partial charge in [-0.1, -0.05) is 194 Å². The molecule has 0 N–H and O–H groups in total. The highest BCUT2D eigenvalue weighted by Gasteiger charge is 2.35. The van der Waals surface area contributed by atoms with Gasteiger partial charge in [0, 0.05) is 19.4 Å². The third-order valence-corrected chi connectivity index (χ3v) is 11.8. The van der Waals surface area contributed by atoms with Crippen LogP contribution in [-0.4, -0.2) is 50.2 Å². The Morgan fingerprint density at radius 1 is 0.442 bits per heavy atom. The van der Waals surface area contributed by atoms with Crippen LogP contribution in [0.4, 0.5) is 0 Å². The minimum atomic E-state index is 0.0146. The van der Waals surface area contributed by atoms with E-state index in [4.69, 9.17) is 9.47 Å². The fourth-order valence-corrected chi connectivity index (χ4v) is 8.34. The molecule has 0 radical (unpaired) electrons. The summed E-state index contributed by atoms with van der Waals surface area (Å²) in [5.74, 6) is 0.0292. The largest absolute Gasteiger partial charge is 0.466 e. The maximum atomic E-state index is 12.0. The molecule has 5 nitrogen and oxygen atoms in total. The molecule has 308 valence electrons. The normalized spacial score (nSPS) is 14.3. The van der Waals surface area contributed by atoms with Crippen molar-refractivity contribution in [2.45, 2.75) is 251 Å². The summed E-state index contributed by atoms with van der Waals surface area (Å²) >= 11 is 0. The average molecular weight is 734 g/mol. The lowest BCUT2D eigenvalue weighted by molar-refractivity contribution is -0.144. The molecule has 0 aromatic rings. The van der Waals surface area contributed by atoms with Crippen molar-refractivity contribution >= 4 is 11.9 Å². The van der Waals surface area contributed by atoms with Gasteiger partial charge >= 0.3 is 11.9 Å². The van der Waals surface area contributed by atoms with E-state index in [0.29, 0.717) is 31.5 Å². The molecule has 5 heteroatoms. The molecule has 1 saturated heterocycles. The fraction of sp³-hybridized carbons (Fsp3) is 0.957. The predicted molar refractivity (Wildman–Crippen MR) is 224 cm³/mol. The molecule has 0 aromatic heterocycles. The molecule has 52 heavy (non-hydrogen) atoms. The molecule has 1 aliphatic rings. The van der Waals surface area contributed by atoms with Crippen molar-refractivity contribution in [2.75, 3.05) is 33.4 Å². The zero-order valence-electron chi connectivity index (χ0n) is 35.6. The summed E-state index contributed by atoms with van der Waals surface area (Å²) in [6.07, 6.45) is 46.4. The maximum absolute atomic E-state index is 12.0. The summed E-state index contributed by atoms with van der Waals surface area (Å²) in [4.78, 5) is 26.5. The number of rotatable bonds is 40. The smallest absolute Gasteiger partial charge is 0.305 e. The summed E-state index contributed by atoms with van der Waals surface area (Å²) in [5.41, 5.74) is 0.583. The fourth-order valence-electron chi connectivity index (χ4n) is 8.34. The molecule has 0 amide bonds. The number of unbranched alkanes of at least 4 members (excludes halogenated alkanes) is 28. The molecule has 1 aliphatic heterocycles. The van der Waals surface area contributed by atoms with Crippen LogP contribution in [0.2, 0.25) is 0 Å². The standard InChI is InChI=1S/C47H91NO4/c1-4-6-8-10-22-28-34-42-51-45(49)36-30-24-18-14-12-16-20-26-32-38-47(40-41-48(3)44-47)39-33-27-21-17-13-15-19-25-31-37-46(50)52-43-35-29-23-11-9-7-5-2/h4-44H2,1-3H3. The Morgan fingerprint density at radius 3 is 1.08 bits per heavy atom. The van der Waals surface area contributed by atoms with Crippen LogP contribution >= 0.6 is 0 Å². The van der Waals surface area contributed by atoms with Gasteiger partial charge in [0.2, 0.25) is 0 Å². The summed E-state index contributed by atoms with van der Waals surface area (Å²) in [5, 5.41) is 0. The lowest BCUT2D eigenvalue weighted by Gasteiger charge is -2.29. The highest BCUT2D eigenvalue weighted by molar-refractivity contribution is 5.69. The second kappa shape index (κ2) is 36.9. The summed E-state index contributed by atoms with van der Waals surface area (Å²) in [6.45, 7) is 8.34. The van der Waals surface area contributed by atoms with Gasteiger partial charge in [-0.3, -0.25) is 9.59 Å². The van der Waals surface area contributed by atoms with Gasteiger partial charge in [-0.25, -0.2) is 0 Å². The number of likely N-dealkylation sites (tertiary alicyclic amines) is 1. The third kappa shape index (κ3) is 31.3. The Hall–Kier alpha value is -1.10. The molecule has 1 heterocycles. The number of ether oxygens (including phenoxy) is 2. The lowest BCUT2D eigenvalue weighted by atomic mass is 9.77. The lowest BCUT2D eigenvalue weighted by Crippen LogP contribution is -2.25. The molecule has 0 unspecified atom stereocenters. The van der Waals surface area contributed by atoms with E-state index in [1.54, 1.807) is 0 Å². The third-order valence-electron chi connectivity index (χ3n) is 11.8. The van der Waals surface area contributed by atoms with E-state index in [-0.39, 0.29) is 11.9 Å². The molecule has 1 rings (SSSR count). The highest BCUT2D eigenvalue weighted by Crippen LogP contribution is 2.40. The number of esters is 2. The topological polar surface area (TPSA) is 55.8 Å². The molecule has 0 atom stereocenters. The van der Waals surface area contributed by atoms with E-state index in [1.165, 1.54) is 212 Å². The Morgan fingerprint density at radius 2 is 0.750 bits per heavy atom. The van der Waals surface area contributed by atoms with Crippen molar-refractivity contribution in [1.82, 2.24) is 4.90 Å². The molecular weight excluding hydrogens is 643 g/mol. The highest BCUT2D eigenvalue weighted by atomic mass is 16.5. The number of hydrogen-bond acceptors (Lipinski definition) is 5. The molecule has 0 bridgehead atoms. The second-order valence-corrected chi connectivity index (χ2v) is 17.0. The Bertz CT molecular complexity index is 731. The van der Waals surface area contributed by atoms with Gasteiger partial charge in [0.25, 0.3) is 0 Å². The first-order chi connectivity index (χ1) is 25.5. The molecule has 0 spiro atoms. The quantitative estimate of drug-likeness (QED) is 0.0463. The van der Waals surface area contributed by atoms with Crippen LogP contribution < -0.4 is 0 Å². The van der Waals surface area contributed by atoms with Crippen LogP contribution in [0.3, 0.4) is 0 Å². The van der Waals surface area contributed by atoms with Crippen LogP contribution in [0.25, 0.3) is 0 Å². The molecular formula is C47H91NO4. The first-order valence-corrected chi connectivity index (χ1v) is 23.5.